The third kappa shape index (κ3) is 1.63. The predicted molar refractivity (Wildman–Crippen MR) is 81.7 cm³/mol. The topological polar surface area (TPSA) is 0 Å². The Morgan fingerprint density at radius 1 is 0.941 bits per heavy atom. The van der Waals surface area contributed by atoms with Crippen molar-refractivity contribution >= 4 is 34.2 Å². The van der Waals surface area contributed by atoms with Crippen LogP contribution in [0.15, 0.2) is 36.4 Å². The van der Waals surface area contributed by atoms with Crippen molar-refractivity contribution in [2.45, 2.75) is 19.3 Å². The standard InChI is InChI=1S/C15H12ClI/c1-15(2)13-5-3-9(16)7-11(13)12-8-10(17)4-6-14(12)15/h3-8H,1-2H3. The minimum absolute atomic E-state index is 0.0829. The molecule has 2 heteroatoms. The molecule has 0 bridgehead atoms. The molecule has 17 heavy (non-hydrogen) atoms. The Morgan fingerprint density at radius 3 is 2.24 bits per heavy atom. The lowest BCUT2D eigenvalue weighted by Gasteiger charge is -2.21. The fourth-order valence-electron chi connectivity index (χ4n) is 2.71. The third-order valence-corrected chi connectivity index (χ3v) is 4.51. The number of benzene rings is 2. The highest BCUT2D eigenvalue weighted by molar-refractivity contribution is 14.1. The fraction of sp³-hybridized carbons (Fsp3) is 0.200. The van der Waals surface area contributed by atoms with Crippen molar-refractivity contribution in [1.82, 2.24) is 0 Å². The van der Waals surface area contributed by atoms with Crippen LogP contribution in [0, 0.1) is 3.57 Å². The molecule has 0 unspecified atom stereocenters. The SMILES string of the molecule is CC1(C)c2ccc(Cl)cc2-c2cc(I)ccc21. The van der Waals surface area contributed by atoms with Crippen molar-refractivity contribution < 1.29 is 0 Å². The first kappa shape index (κ1) is 11.5. The molecule has 0 atom stereocenters. The van der Waals surface area contributed by atoms with Crippen molar-refractivity contribution in [3.05, 3.63) is 56.1 Å². The van der Waals surface area contributed by atoms with Gasteiger partial charge in [-0.15, -0.1) is 0 Å². The zero-order valence-corrected chi connectivity index (χ0v) is 12.6. The van der Waals surface area contributed by atoms with Gasteiger partial charge < -0.3 is 0 Å². The minimum atomic E-state index is 0.0829. The highest BCUT2D eigenvalue weighted by atomic mass is 127. The molecule has 1 aliphatic carbocycles. The van der Waals surface area contributed by atoms with E-state index in [4.69, 9.17) is 11.6 Å². The van der Waals surface area contributed by atoms with Crippen LogP contribution >= 0.6 is 34.2 Å². The van der Waals surface area contributed by atoms with Gasteiger partial charge in [0.2, 0.25) is 0 Å². The predicted octanol–water partition coefficient (Wildman–Crippen LogP) is 5.25. The van der Waals surface area contributed by atoms with Crippen LogP contribution in [0.3, 0.4) is 0 Å². The van der Waals surface area contributed by atoms with E-state index in [1.807, 2.05) is 6.07 Å². The molecule has 0 nitrogen and oxygen atoms in total. The first-order valence-corrected chi connectivity index (χ1v) is 7.06. The van der Waals surface area contributed by atoms with Gasteiger partial charge in [-0.3, -0.25) is 0 Å². The van der Waals surface area contributed by atoms with E-state index in [9.17, 15) is 0 Å². The monoisotopic (exact) mass is 354 g/mol. The summed E-state index contributed by atoms with van der Waals surface area (Å²) < 4.78 is 1.27. The summed E-state index contributed by atoms with van der Waals surface area (Å²) in [5, 5.41) is 0.811. The molecule has 0 radical (unpaired) electrons. The van der Waals surface area contributed by atoms with E-state index >= 15 is 0 Å². The quantitative estimate of drug-likeness (QED) is 0.567. The summed E-state index contributed by atoms with van der Waals surface area (Å²) >= 11 is 8.48. The molecule has 0 spiro atoms. The average molecular weight is 355 g/mol. The van der Waals surface area contributed by atoms with Gasteiger partial charge in [0.05, 0.1) is 0 Å². The number of hydrogen-bond acceptors (Lipinski definition) is 0. The highest BCUT2D eigenvalue weighted by Gasteiger charge is 2.35. The first-order chi connectivity index (χ1) is 8.00. The van der Waals surface area contributed by atoms with Crippen LogP contribution < -0.4 is 0 Å². The largest absolute Gasteiger partial charge is 0.0843 e. The summed E-state index contributed by atoms with van der Waals surface area (Å²) in [6.07, 6.45) is 0. The summed E-state index contributed by atoms with van der Waals surface area (Å²) in [5.74, 6) is 0. The van der Waals surface area contributed by atoms with Crippen LogP contribution in [0.4, 0.5) is 0 Å². The van der Waals surface area contributed by atoms with Crippen LogP contribution in [-0.4, -0.2) is 0 Å². The molecule has 2 aromatic rings. The summed E-state index contributed by atoms with van der Waals surface area (Å²) in [7, 11) is 0. The maximum atomic E-state index is 6.12. The maximum absolute atomic E-state index is 6.12. The number of halogens is 2. The first-order valence-electron chi connectivity index (χ1n) is 5.60. The van der Waals surface area contributed by atoms with Crippen molar-refractivity contribution in [2.24, 2.45) is 0 Å². The Balaban J connectivity index is 2.39. The Labute approximate surface area is 120 Å². The molecule has 0 heterocycles. The normalized spacial score (nSPS) is 15.5. The Hall–Kier alpha value is -0.540. The van der Waals surface area contributed by atoms with Gasteiger partial charge >= 0.3 is 0 Å². The summed E-state index contributed by atoms with van der Waals surface area (Å²) in [5.41, 5.74) is 5.48. The van der Waals surface area contributed by atoms with E-state index in [-0.39, 0.29) is 5.41 Å². The van der Waals surface area contributed by atoms with Gasteiger partial charge in [-0.2, -0.15) is 0 Å². The lowest BCUT2D eigenvalue weighted by Crippen LogP contribution is -2.14. The van der Waals surface area contributed by atoms with Crippen LogP contribution in [0.25, 0.3) is 11.1 Å². The fourth-order valence-corrected chi connectivity index (χ4v) is 3.38. The second-order valence-corrected chi connectivity index (χ2v) is 6.69. The lowest BCUT2D eigenvalue weighted by molar-refractivity contribution is 0.660. The number of rotatable bonds is 0. The van der Waals surface area contributed by atoms with E-state index in [0.29, 0.717) is 0 Å². The van der Waals surface area contributed by atoms with Gasteiger partial charge in [0.25, 0.3) is 0 Å². The molecule has 1 aliphatic rings. The van der Waals surface area contributed by atoms with Gasteiger partial charge in [-0.25, -0.2) is 0 Å². The van der Waals surface area contributed by atoms with Crippen molar-refractivity contribution in [1.29, 1.82) is 0 Å². The van der Waals surface area contributed by atoms with Gasteiger partial charge in [-0.05, 0) is 69.1 Å². The zero-order chi connectivity index (χ0) is 12.2. The molecule has 0 saturated heterocycles. The third-order valence-electron chi connectivity index (χ3n) is 3.60. The minimum Gasteiger partial charge on any atom is -0.0843 e. The van der Waals surface area contributed by atoms with Crippen molar-refractivity contribution in [3.63, 3.8) is 0 Å². The van der Waals surface area contributed by atoms with E-state index in [0.717, 1.165) is 5.02 Å². The molecular formula is C15H12ClI. The van der Waals surface area contributed by atoms with Crippen LogP contribution in [-0.2, 0) is 5.41 Å². The summed E-state index contributed by atoms with van der Waals surface area (Å²) in [4.78, 5) is 0. The highest BCUT2D eigenvalue weighted by Crippen LogP contribution is 2.49. The molecule has 0 saturated carbocycles. The van der Waals surface area contributed by atoms with Gasteiger partial charge in [0, 0.05) is 14.0 Å². The van der Waals surface area contributed by atoms with E-state index in [1.54, 1.807) is 0 Å². The second kappa shape index (κ2) is 3.72. The second-order valence-electron chi connectivity index (χ2n) is 5.00. The van der Waals surface area contributed by atoms with Crippen LogP contribution in [0.2, 0.25) is 5.02 Å². The van der Waals surface area contributed by atoms with Crippen molar-refractivity contribution in [2.75, 3.05) is 0 Å². The van der Waals surface area contributed by atoms with Gasteiger partial charge in [-0.1, -0.05) is 37.6 Å². The Morgan fingerprint density at radius 2 is 1.53 bits per heavy atom. The molecule has 0 aliphatic heterocycles. The Bertz CT molecular complexity index is 561. The summed E-state index contributed by atoms with van der Waals surface area (Å²) in [6, 6.07) is 12.9. The van der Waals surface area contributed by atoms with Crippen LogP contribution in [0.1, 0.15) is 25.0 Å². The molecule has 86 valence electrons. The molecule has 0 N–H and O–H groups in total. The molecule has 0 fully saturated rings. The lowest BCUT2D eigenvalue weighted by atomic mass is 9.82. The summed E-state index contributed by atoms with van der Waals surface area (Å²) in [6.45, 7) is 4.55. The van der Waals surface area contributed by atoms with Gasteiger partial charge in [0.1, 0.15) is 0 Å². The maximum Gasteiger partial charge on any atom is 0.0412 e. The van der Waals surface area contributed by atoms with Crippen molar-refractivity contribution in [3.8, 4) is 11.1 Å². The van der Waals surface area contributed by atoms with E-state index < -0.39 is 0 Å². The van der Waals surface area contributed by atoms with Gasteiger partial charge in [0.15, 0.2) is 0 Å². The number of hydrogen-bond donors (Lipinski definition) is 0. The average Bonchev–Trinajstić information content (AvgIpc) is 2.47. The smallest absolute Gasteiger partial charge is 0.0412 e. The van der Waals surface area contributed by atoms with E-state index in [2.05, 4.69) is 66.8 Å². The molecule has 3 rings (SSSR count). The molecule has 0 amide bonds. The molecular weight excluding hydrogens is 343 g/mol. The molecule has 2 aromatic carbocycles. The van der Waals surface area contributed by atoms with E-state index in [1.165, 1.54) is 25.8 Å². The molecule has 0 aromatic heterocycles. The zero-order valence-electron chi connectivity index (χ0n) is 9.72. The Kier molecular flexibility index (Phi) is 2.53. The number of fused-ring (bicyclic) bond motifs is 3. The van der Waals surface area contributed by atoms with Crippen LogP contribution in [0.5, 0.6) is 0 Å².